The Morgan fingerprint density at radius 3 is 2.96 bits per heavy atom. The molecule has 2 N–H and O–H groups in total. The molecule has 2 aliphatic rings. The zero-order valence-corrected chi connectivity index (χ0v) is 16.3. The number of methoxy groups -OCH3 is 1. The fourth-order valence-electron chi connectivity index (χ4n) is 3.88. The van der Waals surface area contributed by atoms with Crippen molar-refractivity contribution in [3.8, 4) is 17.1 Å². The lowest BCUT2D eigenvalue weighted by Gasteiger charge is -2.30. The zero-order valence-electron chi connectivity index (χ0n) is 15.5. The van der Waals surface area contributed by atoms with Crippen LogP contribution in [0, 0.1) is 0 Å². The number of benzene rings is 1. The molecule has 0 bridgehead atoms. The van der Waals surface area contributed by atoms with E-state index in [4.69, 9.17) is 31.3 Å². The second-order valence-electron chi connectivity index (χ2n) is 7.14. The maximum Gasteiger partial charge on any atom is 0.230 e. The van der Waals surface area contributed by atoms with Crippen molar-refractivity contribution in [2.24, 2.45) is 0 Å². The van der Waals surface area contributed by atoms with Gasteiger partial charge in [-0.25, -0.2) is 0 Å². The van der Waals surface area contributed by atoms with E-state index in [0.717, 1.165) is 68.8 Å². The number of rotatable bonds is 6. The van der Waals surface area contributed by atoms with Gasteiger partial charge < -0.3 is 24.6 Å². The first kappa shape index (κ1) is 18.5. The molecule has 2 aliphatic heterocycles. The number of piperidine rings is 1. The van der Waals surface area contributed by atoms with E-state index in [2.05, 4.69) is 15.0 Å². The Hall–Kier alpha value is -1.83. The molecule has 0 radical (unpaired) electrons. The summed E-state index contributed by atoms with van der Waals surface area (Å²) in [6.07, 6.45) is 3.85. The molecule has 27 heavy (non-hydrogen) atoms. The Bertz CT molecular complexity index is 802. The Kier molecular flexibility index (Phi) is 5.52. The second kappa shape index (κ2) is 8.04. The number of fused-ring (bicyclic) bond motifs is 1. The Balaban J connectivity index is 1.46. The third kappa shape index (κ3) is 3.77. The van der Waals surface area contributed by atoms with E-state index in [9.17, 15) is 0 Å². The third-order valence-corrected chi connectivity index (χ3v) is 5.73. The SMILES string of the molecule is COCCCN1CCC(c2nc(-c3cc(Cl)c(N)c4c3OCC4)no2)CC1. The van der Waals surface area contributed by atoms with Crippen LogP contribution in [0.15, 0.2) is 10.6 Å². The fraction of sp³-hybridized carbons (Fsp3) is 0.579. The first-order chi connectivity index (χ1) is 13.2. The molecule has 0 amide bonds. The Morgan fingerprint density at radius 1 is 1.37 bits per heavy atom. The highest BCUT2D eigenvalue weighted by Crippen LogP contribution is 2.43. The zero-order chi connectivity index (χ0) is 18.8. The fourth-order valence-corrected chi connectivity index (χ4v) is 4.10. The highest BCUT2D eigenvalue weighted by Gasteiger charge is 2.28. The maximum atomic E-state index is 6.29. The van der Waals surface area contributed by atoms with Crippen LogP contribution in [0.1, 0.15) is 36.6 Å². The molecule has 1 fully saturated rings. The van der Waals surface area contributed by atoms with Gasteiger partial charge in [0.1, 0.15) is 5.75 Å². The van der Waals surface area contributed by atoms with Gasteiger partial charge in [0.2, 0.25) is 11.7 Å². The van der Waals surface area contributed by atoms with Crippen LogP contribution in [0.4, 0.5) is 5.69 Å². The van der Waals surface area contributed by atoms with Gasteiger partial charge >= 0.3 is 0 Å². The second-order valence-corrected chi connectivity index (χ2v) is 7.55. The van der Waals surface area contributed by atoms with Crippen LogP contribution < -0.4 is 10.5 Å². The predicted molar refractivity (Wildman–Crippen MR) is 103 cm³/mol. The van der Waals surface area contributed by atoms with E-state index in [1.165, 1.54) is 0 Å². The lowest BCUT2D eigenvalue weighted by atomic mass is 9.96. The van der Waals surface area contributed by atoms with Crippen molar-refractivity contribution in [3.63, 3.8) is 0 Å². The van der Waals surface area contributed by atoms with E-state index in [1.54, 1.807) is 13.2 Å². The average molecular weight is 393 g/mol. The Labute approximate surface area is 163 Å². The molecule has 1 aromatic carbocycles. The van der Waals surface area contributed by atoms with Crippen molar-refractivity contribution >= 4 is 17.3 Å². The van der Waals surface area contributed by atoms with Gasteiger partial charge in [-0.05, 0) is 38.4 Å². The maximum absolute atomic E-state index is 6.29. The number of anilines is 1. The number of nitrogen functional groups attached to an aromatic ring is 1. The lowest BCUT2D eigenvalue weighted by molar-refractivity contribution is 0.152. The summed E-state index contributed by atoms with van der Waals surface area (Å²) < 4.78 is 16.5. The van der Waals surface area contributed by atoms with Crippen molar-refractivity contribution in [1.29, 1.82) is 0 Å². The summed E-state index contributed by atoms with van der Waals surface area (Å²) in [6, 6.07) is 1.77. The van der Waals surface area contributed by atoms with Gasteiger partial charge in [0.05, 0.1) is 22.9 Å². The topological polar surface area (TPSA) is 86.6 Å². The van der Waals surface area contributed by atoms with Gasteiger partial charge in [-0.1, -0.05) is 16.8 Å². The number of nitrogens with two attached hydrogens (primary N) is 1. The van der Waals surface area contributed by atoms with Gasteiger partial charge in [0.15, 0.2) is 0 Å². The molecule has 3 heterocycles. The van der Waals surface area contributed by atoms with Gasteiger partial charge in [-0.3, -0.25) is 0 Å². The van der Waals surface area contributed by atoms with Crippen LogP contribution in [0.2, 0.25) is 5.02 Å². The van der Waals surface area contributed by atoms with Gasteiger partial charge in [-0.15, -0.1) is 0 Å². The summed E-state index contributed by atoms with van der Waals surface area (Å²) >= 11 is 6.29. The van der Waals surface area contributed by atoms with Gasteiger partial charge in [0, 0.05) is 38.2 Å². The first-order valence-electron chi connectivity index (χ1n) is 9.46. The van der Waals surface area contributed by atoms with Crippen molar-refractivity contribution in [2.75, 3.05) is 45.7 Å². The van der Waals surface area contributed by atoms with Crippen molar-refractivity contribution in [2.45, 2.75) is 31.6 Å². The number of hydrogen-bond donors (Lipinski definition) is 1. The molecular formula is C19H25ClN4O3. The summed E-state index contributed by atoms with van der Waals surface area (Å²) in [5, 5.41) is 4.70. The molecule has 7 nitrogen and oxygen atoms in total. The Morgan fingerprint density at radius 2 is 2.19 bits per heavy atom. The van der Waals surface area contributed by atoms with Crippen LogP contribution in [0.3, 0.4) is 0 Å². The van der Waals surface area contributed by atoms with Crippen molar-refractivity contribution in [1.82, 2.24) is 15.0 Å². The van der Waals surface area contributed by atoms with Crippen LogP contribution in [-0.2, 0) is 11.2 Å². The molecular weight excluding hydrogens is 368 g/mol. The summed E-state index contributed by atoms with van der Waals surface area (Å²) in [4.78, 5) is 7.12. The third-order valence-electron chi connectivity index (χ3n) is 5.41. The highest BCUT2D eigenvalue weighted by molar-refractivity contribution is 6.33. The van der Waals surface area contributed by atoms with Crippen LogP contribution in [-0.4, -0.2) is 55.0 Å². The number of halogens is 1. The molecule has 4 rings (SSSR count). The number of ether oxygens (including phenoxy) is 2. The average Bonchev–Trinajstić information content (AvgIpc) is 3.36. The summed E-state index contributed by atoms with van der Waals surface area (Å²) in [5.74, 6) is 2.24. The van der Waals surface area contributed by atoms with Gasteiger partial charge in [-0.2, -0.15) is 4.98 Å². The number of aromatic nitrogens is 2. The number of nitrogens with zero attached hydrogens (tertiary/aromatic N) is 3. The van der Waals surface area contributed by atoms with Gasteiger partial charge in [0.25, 0.3) is 0 Å². The van der Waals surface area contributed by atoms with E-state index >= 15 is 0 Å². The first-order valence-corrected chi connectivity index (χ1v) is 9.84. The smallest absolute Gasteiger partial charge is 0.230 e. The minimum Gasteiger partial charge on any atom is -0.492 e. The monoisotopic (exact) mass is 392 g/mol. The standard InChI is InChI=1S/C19H25ClN4O3/c1-25-9-2-6-24-7-3-12(4-8-24)19-22-18(23-27-19)14-11-15(20)16(21)13-5-10-26-17(13)14/h11-12H,2-10,21H2,1H3. The van der Waals surface area contributed by atoms with Crippen LogP contribution in [0.5, 0.6) is 5.75 Å². The normalized spacial score (nSPS) is 17.9. The molecule has 0 saturated carbocycles. The lowest BCUT2D eigenvalue weighted by Crippen LogP contribution is -2.34. The molecule has 0 spiro atoms. The molecule has 0 aliphatic carbocycles. The predicted octanol–water partition coefficient (Wildman–Crippen LogP) is 3.12. The quantitative estimate of drug-likeness (QED) is 0.596. The molecule has 1 saturated heterocycles. The van der Waals surface area contributed by atoms with Crippen LogP contribution >= 0.6 is 11.6 Å². The summed E-state index contributed by atoms with van der Waals surface area (Å²) in [5.41, 5.74) is 8.35. The van der Waals surface area contributed by atoms with Crippen LogP contribution in [0.25, 0.3) is 11.4 Å². The van der Waals surface area contributed by atoms with Crippen molar-refractivity contribution < 1.29 is 14.0 Å². The highest BCUT2D eigenvalue weighted by atomic mass is 35.5. The molecule has 0 unspecified atom stereocenters. The molecule has 1 aromatic heterocycles. The molecule has 146 valence electrons. The summed E-state index contributed by atoms with van der Waals surface area (Å²) in [7, 11) is 1.74. The van der Waals surface area contributed by atoms with E-state index < -0.39 is 0 Å². The van der Waals surface area contributed by atoms with E-state index in [1.807, 2.05) is 0 Å². The minimum absolute atomic E-state index is 0.295. The minimum atomic E-state index is 0.295. The van der Waals surface area contributed by atoms with E-state index in [0.29, 0.717) is 34.9 Å². The van der Waals surface area contributed by atoms with E-state index in [-0.39, 0.29) is 0 Å². The molecule has 8 heteroatoms. The largest absolute Gasteiger partial charge is 0.492 e. The molecule has 2 aromatic rings. The van der Waals surface area contributed by atoms with Crippen molar-refractivity contribution in [3.05, 3.63) is 22.5 Å². The number of likely N-dealkylation sites (tertiary alicyclic amines) is 1. The summed E-state index contributed by atoms with van der Waals surface area (Å²) in [6.45, 7) is 4.56. The molecule has 0 atom stereocenters. The number of hydrogen-bond acceptors (Lipinski definition) is 7.